The molecule has 3 aliphatic rings. The summed E-state index contributed by atoms with van der Waals surface area (Å²) >= 11 is 0. The molecule has 0 spiro atoms. The summed E-state index contributed by atoms with van der Waals surface area (Å²) in [6.07, 6.45) is 1.61. The second-order valence-corrected chi connectivity index (χ2v) is 10.8. The molecule has 2 aliphatic heterocycles. The lowest BCUT2D eigenvalue weighted by Crippen LogP contribution is -2.58. The first-order valence-corrected chi connectivity index (χ1v) is 13.0. The molecule has 1 aromatic heterocycles. The number of rotatable bonds is 7. The molecule has 5 N–H and O–H groups in total. The molecule has 1 saturated carbocycles. The van der Waals surface area contributed by atoms with Gasteiger partial charge >= 0.3 is 11.7 Å². The van der Waals surface area contributed by atoms with Crippen LogP contribution in [0.25, 0.3) is 5.69 Å². The number of nitrogens with one attached hydrogen (secondary N) is 3. The predicted octanol–water partition coefficient (Wildman–Crippen LogP) is 0.201. The largest absolute Gasteiger partial charge is 0.354 e. The summed E-state index contributed by atoms with van der Waals surface area (Å²) in [4.78, 5) is 44.9. The van der Waals surface area contributed by atoms with Crippen LogP contribution in [-0.2, 0) is 11.3 Å². The van der Waals surface area contributed by atoms with E-state index in [0.29, 0.717) is 31.9 Å². The number of benzene rings is 1. The SMILES string of the molecule is CC(C)(N)C(=O)N1CCN(C(=O)Nc2ccn(-c3ccc(CNCC4C5CNCC45)cc3)c(=O)n2)CC1. The summed E-state index contributed by atoms with van der Waals surface area (Å²) in [5.41, 5.74) is 6.36. The third-order valence-corrected chi connectivity index (χ3v) is 7.64. The summed E-state index contributed by atoms with van der Waals surface area (Å²) in [5.74, 6) is 2.56. The van der Waals surface area contributed by atoms with Gasteiger partial charge < -0.3 is 26.2 Å². The fourth-order valence-electron chi connectivity index (χ4n) is 5.38. The Morgan fingerprint density at radius 3 is 2.32 bits per heavy atom. The molecule has 37 heavy (non-hydrogen) atoms. The quantitative estimate of drug-likeness (QED) is 0.419. The Morgan fingerprint density at radius 1 is 1.05 bits per heavy atom. The lowest BCUT2D eigenvalue weighted by Gasteiger charge is -2.37. The number of amides is 3. The van der Waals surface area contributed by atoms with Crippen LogP contribution in [0.5, 0.6) is 0 Å². The van der Waals surface area contributed by atoms with Crippen molar-refractivity contribution in [3.8, 4) is 5.69 Å². The minimum absolute atomic E-state index is 0.139. The smallest absolute Gasteiger partial charge is 0.338 e. The number of piperidine rings is 1. The number of nitrogens with two attached hydrogens (primary N) is 1. The zero-order chi connectivity index (χ0) is 26.2. The van der Waals surface area contributed by atoms with Gasteiger partial charge in [0.1, 0.15) is 5.82 Å². The van der Waals surface area contributed by atoms with E-state index in [9.17, 15) is 14.4 Å². The third kappa shape index (κ3) is 5.68. The Hall–Kier alpha value is -3.28. The van der Waals surface area contributed by atoms with Crippen LogP contribution < -0.4 is 27.4 Å². The van der Waals surface area contributed by atoms with Gasteiger partial charge in [-0.3, -0.25) is 14.7 Å². The molecule has 0 radical (unpaired) electrons. The highest BCUT2D eigenvalue weighted by molar-refractivity contribution is 5.89. The van der Waals surface area contributed by atoms with Gasteiger partial charge in [0.05, 0.1) is 11.2 Å². The lowest BCUT2D eigenvalue weighted by atomic mass is 10.1. The second kappa shape index (κ2) is 10.2. The molecule has 3 amide bonds. The summed E-state index contributed by atoms with van der Waals surface area (Å²) in [6.45, 7) is 9.09. The molecule has 2 aromatic rings. The van der Waals surface area contributed by atoms with E-state index in [1.54, 1.807) is 35.9 Å². The van der Waals surface area contributed by atoms with Crippen molar-refractivity contribution in [3.63, 3.8) is 0 Å². The molecule has 1 aliphatic carbocycles. The summed E-state index contributed by atoms with van der Waals surface area (Å²) in [7, 11) is 0. The van der Waals surface area contributed by atoms with Gasteiger partial charge in [-0.15, -0.1) is 0 Å². The van der Waals surface area contributed by atoms with Crippen molar-refractivity contribution in [2.24, 2.45) is 23.5 Å². The van der Waals surface area contributed by atoms with Gasteiger partial charge in [-0.2, -0.15) is 4.98 Å². The molecule has 3 heterocycles. The Morgan fingerprint density at radius 2 is 1.70 bits per heavy atom. The van der Waals surface area contributed by atoms with Crippen LogP contribution in [0.2, 0.25) is 0 Å². The molecular weight excluding hydrogens is 472 g/mol. The lowest BCUT2D eigenvalue weighted by molar-refractivity contribution is -0.137. The Bertz CT molecular complexity index is 1190. The van der Waals surface area contributed by atoms with E-state index in [0.717, 1.165) is 49.5 Å². The molecule has 2 atom stereocenters. The second-order valence-electron chi connectivity index (χ2n) is 10.8. The van der Waals surface area contributed by atoms with Crippen LogP contribution in [0.15, 0.2) is 41.3 Å². The van der Waals surface area contributed by atoms with Crippen LogP contribution in [0, 0.1) is 17.8 Å². The molecule has 198 valence electrons. The number of urea groups is 1. The minimum Gasteiger partial charge on any atom is -0.338 e. The van der Waals surface area contributed by atoms with Gasteiger partial charge in [-0.1, -0.05) is 12.1 Å². The number of hydrogen-bond donors (Lipinski definition) is 4. The molecule has 2 saturated heterocycles. The average molecular weight is 509 g/mol. The maximum absolute atomic E-state index is 12.7. The molecule has 0 bridgehead atoms. The van der Waals surface area contributed by atoms with E-state index < -0.39 is 11.2 Å². The number of aromatic nitrogens is 2. The van der Waals surface area contributed by atoms with E-state index >= 15 is 0 Å². The van der Waals surface area contributed by atoms with Crippen molar-refractivity contribution in [1.82, 2.24) is 30.0 Å². The van der Waals surface area contributed by atoms with Crippen molar-refractivity contribution in [3.05, 3.63) is 52.6 Å². The molecule has 11 heteroatoms. The summed E-state index contributed by atoms with van der Waals surface area (Å²) in [6, 6.07) is 9.07. The van der Waals surface area contributed by atoms with E-state index in [2.05, 4.69) is 20.9 Å². The number of fused-ring (bicyclic) bond motifs is 1. The highest BCUT2D eigenvalue weighted by atomic mass is 16.2. The number of anilines is 1. The van der Waals surface area contributed by atoms with Gasteiger partial charge in [0.2, 0.25) is 5.91 Å². The van der Waals surface area contributed by atoms with Gasteiger partial charge in [0.15, 0.2) is 0 Å². The van der Waals surface area contributed by atoms with Crippen molar-refractivity contribution >= 4 is 17.8 Å². The third-order valence-electron chi connectivity index (χ3n) is 7.64. The van der Waals surface area contributed by atoms with E-state index in [4.69, 9.17) is 5.73 Å². The average Bonchev–Trinajstić information content (AvgIpc) is 3.29. The van der Waals surface area contributed by atoms with E-state index in [1.807, 2.05) is 24.3 Å². The zero-order valence-corrected chi connectivity index (χ0v) is 21.4. The first kappa shape index (κ1) is 25.4. The van der Waals surface area contributed by atoms with Crippen molar-refractivity contribution < 1.29 is 9.59 Å². The maximum atomic E-state index is 12.7. The molecule has 1 aromatic carbocycles. The fourth-order valence-corrected chi connectivity index (χ4v) is 5.38. The fraction of sp³-hybridized carbons (Fsp3) is 0.538. The molecular formula is C26H36N8O3. The van der Waals surface area contributed by atoms with Crippen LogP contribution in [0.1, 0.15) is 19.4 Å². The van der Waals surface area contributed by atoms with Gasteiger partial charge in [0.25, 0.3) is 0 Å². The van der Waals surface area contributed by atoms with Crippen LogP contribution >= 0.6 is 0 Å². The maximum Gasteiger partial charge on any atom is 0.354 e. The van der Waals surface area contributed by atoms with Crippen molar-refractivity contribution in [1.29, 1.82) is 0 Å². The van der Waals surface area contributed by atoms with Crippen molar-refractivity contribution in [2.45, 2.75) is 25.9 Å². The summed E-state index contributed by atoms with van der Waals surface area (Å²) in [5, 5.41) is 9.66. The van der Waals surface area contributed by atoms with Gasteiger partial charge in [0, 0.05) is 38.9 Å². The van der Waals surface area contributed by atoms with E-state index in [-0.39, 0.29) is 17.8 Å². The number of piperazine rings is 1. The number of carbonyl (C=O) groups is 2. The number of carbonyl (C=O) groups excluding carboxylic acids is 2. The van der Waals surface area contributed by atoms with E-state index in [1.165, 1.54) is 4.57 Å². The normalized spacial score (nSPS) is 23.1. The topological polar surface area (TPSA) is 138 Å². The van der Waals surface area contributed by atoms with Gasteiger partial charge in [-0.05, 0) is 75.0 Å². The van der Waals surface area contributed by atoms with Crippen LogP contribution in [0.3, 0.4) is 0 Å². The highest BCUT2D eigenvalue weighted by Gasteiger charge is 2.51. The summed E-state index contributed by atoms with van der Waals surface area (Å²) < 4.78 is 1.45. The number of nitrogens with zero attached hydrogens (tertiary/aromatic N) is 4. The predicted molar refractivity (Wildman–Crippen MR) is 140 cm³/mol. The standard InChI is InChI=1S/C26H36N8O3/c1-26(2,27)23(35)32-9-11-33(12-10-32)24(36)30-22-7-8-34(25(37)31-22)18-5-3-17(4-6-18)13-28-14-19-20-15-29-16-21(19)20/h3-8,19-21,28-29H,9-16,27H2,1-2H3,(H,30,31,36,37). The monoisotopic (exact) mass is 508 g/mol. The highest BCUT2D eigenvalue weighted by Crippen LogP contribution is 2.47. The Labute approximate surface area is 216 Å². The molecule has 2 unspecified atom stereocenters. The van der Waals surface area contributed by atoms with Gasteiger partial charge in [-0.25, -0.2) is 9.59 Å². The first-order valence-electron chi connectivity index (χ1n) is 13.0. The Kier molecular flexibility index (Phi) is 7.02. The zero-order valence-electron chi connectivity index (χ0n) is 21.4. The molecule has 3 fully saturated rings. The van der Waals surface area contributed by atoms with Crippen molar-refractivity contribution in [2.75, 3.05) is 51.1 Å². The molecule has 11 nitrogen and oxygen atoms in total. The van der Waals surface area contributed by atoms with Crippen LogP contribution in [-0.4, -0.2) is 82.6 Å². The first-order chi connectivity index (χ1) is 17.7. The molecule has 5 rings (SSSR count). The Balaban J connectivity index is 1.11. The minimum atomic E-state index is -0.942. The number of hydrogen-bond acceptors (Lipinski definition) is 7. The van der Waals surface area contributed by atoms with Crippen LogP contribution in [0.4, 0.5) is 10.6 Å².